The molecule has 0 radical (unpaired) electrons. The minimum Gasteiger partial charge on any atom is -0.481 e. The van der Waals surface area contributed by atoms with E-state index in [0.29, 0.717) is 18.6 Å². The van der Waals surface area contributed by atoms with Crippen molar-refractivity contribution < 1.29 is 38.4 Å². The Hall–Kier alpha value is -2.46. The second kappa shape index (κ2) is 8.03. The molecule has 2 bridgehead atoms. The molecule has 0 saturated carbocycles. The van der Waals surface area contributed by atoms with Gasteiger partial charge in [-0.3, -0.25) is 0 Å². The summed E-state index contributed by atoms with van der Waals surface area (Å²) in [5.41, 5.74) is 0.630. The molecule has 9 nitrogen and oxygen atoms in total. The van der Waals surface area contributed by atoms with Crippen LogP contribution in [0.15, 0.2) is 24.0 Å². The Morgan fingerprint density at radius 3 is 2.50 bits per heavy atom. The van der Waals surface area contributed by atoms with E-state index in [0.717, 1.165) is 29.8 Å². The highest BCUT2D eigenvalue weighted by molar-refractivity contribution is 5.87. The lowest BCUT2D eigenvalue weighted by Crippen LogP contribution is -2.74. The van der Waals surface area contributed by atoms with E-state index in [9.17, 15) is 14.7 Å². The predicted molar refractivity (Wildman–Crippen MR) is 135 cm³/mol. The van der Waals surface area contributed by atoms with Crippen LogP contribution in [0.5, 0.6) is 5.75 Å². The highest BCUT2D eigenvalue weighted by Gasteiger charge is 2.72. The van der Waals surface area contributed by atoms with Crippen molar-refractivity contribution in [2.45, 2.75) is 108 Å². The maximum atomic E-state index is 13.6. The molecule has 0 aromatic heterocycles. The van der Waals surface area contributed by atoms with Crippen molar-refractivity contribution in [1.29, 1.82) is 0 Å². The van der Waals surface area contributed by atoms with Crippen LogP contribution in [0, 0.1) is 6.92 Å². The molecule has 2 saturated heterocycles. The Morgan fingerprint density at radius 2 is 1.82 bits per heavy atom. The van der Waals surface area contributed by atoms with Gasteiger partial charge in [0, 0.05) is 18.0 Å². The van der Waals surface area contributed by atoms with Crippen molar-refractivity contribution in [3.8, 4) is 5.75 Å². The predicted octanol–water partition coefficient (Wildman–Crippen LogP) is 2.68. The molecule has 0 amide bonds. The lowest BCUT2D eigenvalue weighted by Gasteiger charge is -2.61. The number of piperidine rings is 1. The van der Waals surface area contributed by atoms with E-state index in [1.807, 2.05) is 6.92 Å². The summed E-state index contributed by atoms with van der Waals surface area (Å²) in [6, 6.07) is 4.10. The van der Waals surface area contributed by atoms with Gasteiger partial charge in [-0.05, 0) is 85.2 Å². The number of carbonyl (C=O) groups is 2. The maximum absolute atomic E-state index is 13.6. The lowest BCUT2D eigenvalue weighted by atomic mass is 9.50. The summed E-state index contributed by atoms with van der Waals surface area (Å²) in [5.74, 6) is -1.52. The van der Waals surface area contributed by atoms with E-state index in [1.165, 1.54) is 5.56 Å². The Balaban J connectivity index is 1.35. The molecular weight excluding hydrogens is 490 g/mol. The third-order valence-electron chi connectivity index (χ3n) is 8.76. The molecule has 1 N–H and O–H groups in total. The van der Waals surface area contributed by atoms with Crippen LogP contribution in [0.4, 0.5) is 0 Å². The average Bonchev–Trinajstić information content (AvgIpc) is 3.33. The fourth-order valence-corrected chi connectivity index (χ4v) is 7.23. The zero-order valence-electron chi connectivity index (χ0n) is 23.1. The quantitative estimate of drug-likeness (QED) is 0.594. The molecule has 1 aromatic rings. The molecule has 6 rings (SSSR count). The van der Waals surface area contributed by atoms with Gasteiger partial charge in [0.05, 0.1) is 11.0 Å². The van der Waals surface area contributed by atoms with Crippen LogP contribution < -0.4 is 4.74 Å². The van der Waals surface area contributed by atoms with Crippen LogP contribution in [-0.2, 0) is 40.4 Å². The molecule has 2 fully saturated rings. The Labute approximate surface area is 223 Å². The minimum atomic E-state index is -1.31. The van der Waals surface area contributed by atoms with Gasteiger partial charge in [0.25, 0.3) is 0 Å². The Morgan fingerprint density at radius 1 is 1.13 bits per heavy atom. The molecule has 1 aromatic carbocycles. The fraction of sp³-hybridized carbons (Fsp3) is 0.655. The second-order valence-corrected chi connectivity index (χ2v) is 12.8. The summed E-state index contributed by atoms with van der Waals surface area (Å²) in [5, 5.41) is 12.3. The van der Waals surface area contributed by atoms with Gasteiger partial charge in [-0.25, -0.2) is 9.59 Å². The molecule has 9 heteroatoms. The van der Waals surface area contributed by atoms with Crippen LogP contribution in [0.2, 0.25) is 0 Å². The summed E-state index contributed by atoms with van der Waals surface area (Å²) in [7, 11) is 2.05. The van der Waals surface area contributed by atoms with Crippen molar-refractivity contribution in [3.05, 3.63) is 40.7 Å². The second-order valence-electron chi connectivity index (χ2n) is 12.8. The van der Waals surface area contributed by atoms with Crippen LogP contribution in [0.25, 0.3) is 0 Å². The third kappa shape index (κ3) is 3.51. The number of esters is 2. The molecule has 1 unspecified atom stereocenters. The molecule has 1 spiro atoms. The number of likely N-dealkylation sites (N-methyl/N-ethyl adjacent to an activating group) is 1. The molecule has 206 valence electrons. The highest BCUT2D eigenvalue weighted by Crippen LogP contribution is 2.64. The minimum absolute atomic E-state index is 0.0825. The SMILES string of the molecule is Cc1ccc2c3c1O[C@H]1C(OC(=O)[C@@H]4OC(C)(C)OC4C(=O)OC(C)(C)C)=CC[C@@]4(O)[C@@H](C2)N(C)CC[C@]314. The number of aliphatic hydroxyl groups is 1. The third-order valence-corrected chi connectivity index (χ3v) is 8.76. The smallest absolute Gasteiger partial charge is 0.343 e. The van der Waals surface area contributed by atoms with Gasteiger partial charge < -0.3 is 33.7 Å². The topological polar surface area (TPSA) is 104 Å². The van der Waals surface area contributed by atoms with Gasteiger partial charge in [-0.15, -0.1) is 0 Å². The monoisotopic (exact) mass is 527 g/mol. The van der Waals surface area contributed by atoms with Gasteiger partial charge >= 0.3 is 11.9 Å². The van der Waals surface area contributed by atoms with E-state index < -0.39 is 52.7 Å². The zero-order valence-corrected chi connectivity index (χ0v) is 23.1. The molecular formula is C29H37NO8. The average molecular weight is 528 g/mol. The largest absolute Gasteiger partial charge is 0.481 e. The van der Waals surface area contributed by atoms with Crippen LogP contribution >= 0.6 is 0 Å². The first-order valence-electron chi connectivity index (χ1n) is 13.4. The number of carbonyl (C=O) groups excluding carboxylic acids is 2. The highest BCUT2D eigenvalue weighted by atomic mass is 16.8. The molecule has 5 aliphatic rings. The van der Waals surface area contributed by atoms with E-state index >= 15 is 0 Å². The number of hydrogen-bond donors (Lipinski definition) is 1. The standard InChI is InChI=1S/C29H37NO8/c1-15-8-9-16-14-18-29(33)11-10-17(23-28(29,12-13-30(18)7)19(16)20(15)35-23)34-24(31)21-22(37-27(5,6)36-21)25(32)38-26(2,3)4/h8-10,18,21-23,33H,11-14H2,1-7H3/t18-,21-,22?,23+,28+,29-/m1/s1. The zero-order chi connectivity index (χ0) is 27.4. The summed E-state index contributed by atoms with van der Waals surface area (Å²) < 4.78 is 29.7. The van der Waals surface area contributed by atoms with Crippen molar-refractivity contribution in [3.63, 3.8) is 0 Å². The van der Waals surface area contributed by atoms with Crippen molar-refractivity contribution in [2.24, 2.45) is 0 Å². The Kier molecular flexibility index (Phi) is 5.45. The van der Waals surface area contributed by atoms with Crippen LogP contribution in [0.1, 0.15) is 64.2 Å². The molecule has 2 aliphatic carbocycles. The number of ether oxygens (including phenoxy) is 5. The number of aryl methyl sites for hydroxylation is 1. The van der Waals surface area contributed by atoms with Crippen molar-refractivity contribution in [2.75, 3.05) is 13.6 Å². The van der Waals surface area contributed by atoms with Gasteiger partial charge in [0.1, 0.15) is 17.1 Å². The molecule has 3 aliphatic heterocycles. The van der Waals surface area contributed by atoms with Crippen LogP contribution in [0.3, 0.4) is 0 Å². The first-order valence-corrected chi connectivity index (χ1v) is 13.4. The lowest BCUT2D eigenvalue weighted by molar-refractivity contribution is -0.180. The van der Waals surface area contributed by atoms with Crippen molar-refractivity contribution >= 4 is 11.9 Å². The van der Waals surface area contributed by atoms with Gasteiger partial charge in [0.15, 0.2) is 24.1 Å². The van der Waals surface area contributed by atoms with Gasteiger partial charge in [-0.2, -0.15) is 0 Å². The summed E-state index contributed by atoms with van der Waals surface area (Å²) in [6.45, 7) is 11.3. The Bertz CT molecular complexity index is 1250. The first kappa shape index (κ1) is 25.8. The number of hydrogen-bond acceptors (Lipinski definition) is 9. The van der Waals surface area contributed by atoms with Crippen LogP contribution in [-0.4, -0.2) is 76.9 Å². The molecule has 38 heavy (non-hydrogen) atoms. The fourth-order valence-electron chi connectivity index (χ4n) is 7.23. The normalized spacial score (nSPS) is 36.7. The maximum Gasteiger partial charge on any atom is 0.343 e. The van der Waals surface area contributed by atoms with Gasteiger partial charge in [0.2, 0.25) is 0 Å². The number of likely N-dealkylation sites (tertiary alicyclic amines) is 1. The van der Waals surface area contributed by atoms with E-state index in [1.54, 1.807) is 40.7 Å². The summed E-state index contributed by atoms with van der Waals surface area (Å²) in [6.07, 6.45) is 0.229. The number of nitrogens with zero attached hydrogens (tertiary/aromatic N) is 1. The molecule has 6 atom stereocenters. The summed E-state index contributed by atoms with van der Waals surface area (Å²) >= 11 is 0. The first-order chi connectivity index (χ1) is 17.7. The van der Waals surface area contributed by atoms with E-state index in [-0.39, 0.29) is 6.04 Å². The van der Waals surface area contributed by atoms with Gasteiger partial charge in [-0.1, -0.05) is 12.1 Å². The van der Waals surface area contributed by atoms with E-state index in [2.05, 4.69) is 24.1 Å². The van der Waals surface area contributed by atoms with Crippen molar-refractivity contribution in [1.82, 2.24) is 4.90 Å². The van der Waals surface area contributed by atoms with E-state index in [4.69, 9.17) is 23.7 Å². The molecule has 3 heterocycles. The number of rotatable bonds is 3. The number of benzene rings is 1. The summed E-state index contributed by atoms with van der Waals surface area (Å²) in [4.78, 5) is 28.7.